The van der Waals surface area contributed by atoms with Crippen molar-refractivity contribution >= 4 is 17.5 Å². The summed E-state index contributed by atoms with van der Waals surface area (Å²) in [5.74, 6) is -0.197. The van der Waals surface area contributed by atoms with Crippen molar-refractivity contribution in [2.24, 2.45) is 0 Å². The first kappa shape index (κ1) is 16.3. The van der Waals surface area contributed by atoms with E-state index in [1.54, 1.807) is 30.3 Å². The molecule has 4 heteroatoms. The van der Waals surface area contributed by atoms with Crippen LogP contribution >= 0.6 is 0 Å². The van der Waals surface area contributed by atoms with Crippen molar-refractivity contribution in [3.05, 3.63) is 106 Å². The van der Waals surface area contributed by atoms with E-state index in [4.69, 9.17) is 0 Å². The minimum absolute atomic E-state index is 0.0222. The second-order valence-electron chi connectivity index (χ2n) is 5.46. The van der Waals surface area contributed by atoms with E-state index < -0.39 is 4.92 Å². The first-order chi connectivity index (χ1) is 12.1. The van der Waals surface area contributed by atoms with E-state index in [2.05, 4.69) is 0 Å². The molecule has 0 radical (unpaired) electrons. The average Bonchev–Trinajstić information content (AvgIpc) is 2.67. The summed E-state index contributed by atoms with van der Waals surface area (Å²) in [5, 5.41) is 11.0. The number of rotatable bonds is 5. The van der Waals surface area contributed by atoms with Gasteiger partial charge in [0.2, 0.25) is 0 Å². The maximum atomic E-state index is 12.3. The fraction of sp³-hybridized carbons (Fsp3) is 0. The van der Waals surface area contributed by atoms with E-state index in [0.29, 0.717) is 11.1 Å². The predicted molar refractivity (Wildman–Crippen MR) is 98.3 cm³/mol. The van der Waals surface area contributed by atoms with Crippen LogP contribution in [0.4, 0.5) is 5.69 Å². The summed E-state index contributed by atoms with van der Waals surface area (Å²) in [4.78, 5) is 22.8. The Labute approximate surface area is 145 Å². The molecule has 0 amide bonds. The molecule has 0 aliphatic heterocycles. The number of hydrogen-bond donors (Lipinski definition) is 0. The highest BCUT2D eigenvalue weighted by molar-refractivity contribution is 6.07. The molecule has 0 heterocycles. The number of nitro groups is 1. The standard InChI is InChI=1S/C21H15NO3/c23-21(15-14-18-8-4-5-9-20(18)22(24)25)19-12-10-17(11-13-19)16-6-2-1-3-7-16/h1-15H/b15-14+. The first-order valence-electron chi connectivity index (χ1n) is 7.76. The van der Waals surface area contributed by atoms with Crippen LogP contribution in [0.3, 0.4) is 0 Å². The molecular weight excluding hydrogens is 314 g/mol. The molecule has 0 fully saturated rings. The molecule has 0 aliphatic carbocycles. The number of carbonyl (C=O) groups is 1. The summed E-state index contributed by atoms with van der Waals surface area (Å²) in [6, 6.07) is 23.5. The Hall–Kier alpha value is -3.53. The average molecular weight is 329 g/mol. The molecule has 0 N–H and O–H groups in total. The summed E-state index contributed by atoms with van der Waals surface area (Å²) in [6.45, 7) is 0. The third-order valence-corrected chi connectivity index (χ3v) is 3.82. The fourth-order valence-electron chi connectivity index (χ4n) is 2.51. The second-order valence-corrected chi connectivity index (χ2v) is 5.46. The number of carbonyl (C=O) groups excluding carboxylic acids is 1. The summed E-state index contributed by atoms with van der Waals surface area (Å²) in [6.07, 6.45) is 2.84. The van der Waals surface area contributed by atoms with Gasteiger partial charge in [0.25, 0.3) is 5.69 Å². The highest BCUT2D eigenvalue weighted by atomic mass is 16.6. The fourth-order valence-corrected chi connectivity index (χ4v) is 2.51. The van der Waals surface area contributed by atoms with Crippen molar-refractivity contribution in [1.29, 1.82) is 0 Å². The van der Waals surface area contributed by atoms with Gasteiger partial charge >= 0.3 is 0 Å². The van der Waals surface area contributed by atoms with E-state index in [1.165, 1.54) is 18.2 Å². The molecule has 0 aliphatic rings. The van der Waals surface area contributed by atoms with Crippen LogP contribution in [0, 0.1) is 10.1 Å². The summed E-state index contributed by atoms with van der Waals surface area (Å²) < 4.78 is 0. The Balaban J connectivity index is 1.79. The van der Waals surface area contributed by atoms with Crippen LogP contribution in [0.15, 0.2) is 84.9 Å². The van der Waals surface area contributed by atoms with Gasteiger partial charge in [0.05, 0.1) is 10.5 Å². The molecule has 0 saturated heterocycles. The second kappa shape index (κ2) is 7.36. The molecule has 3 aromatic carbocycles. The van der Waals surface area contributed by atoms with Gasteiger partial charge in [-0.1, -0.05) is 66.7 Å². The van der Waals surface area contributed by atoms with E-state index in [9.17, 15) is 14.9 Å². The normalized spacial score (nSPS) is 10.7. The van der Waals surface area contributed by atoms with Crippen molar-refractivity contribution in [3.8, 4) is 11.1 Å². The molecular formula is C21H15NO3. The Morgan fingerprint density at radius 2 is 1.40 bits per heavy atom. The molecule has 25 heavy (non-hydrogen) atoms. The lowest BCUT2D eigenvalue weighted by atomic mass is 10.0. The maximum absolute atomic E-state index is 12.3. The molecule has 0 aromatic heterocycles. The number of hydrogen-bond acceptors (Lipinski definition) is 3. The Morgan fingerprint density at radius 3 is 2.08 bits per heavy atom. The topological polar surface area (TPSA) is 60.2 Å². The number of ketones is 1. The SMILES string of the molecule is O=C(/C=C/c1ccccc1[N+](=O)[O-])c1ccc(-c2ccccc2)cc1. The first-order valence-corrected chi connectivity index (χ1v) is 7.76. The van der Waals surface area contributed by atoms with Gasteiger partial charge in [-0.25, -0.2) is 0 Å². The van der Waals surface area contributed by atoms with Crippen molar-refractivity contribution < 1.29 is 9.72 Å². The van der Waals surface area contributed by atoms with Crippen molar-refractivity contribution in [2.45, 2.75) is 0 Å². The van der Waals surface area contributed by atoms with Gasteiger partial charge in [0.1, 0.15) is 0 Å². The summed E-state index contributed by atoms with van der Waals surface area (Å²) in [7, 11) is 0. The number of allylic oxidation sites excluding steroid dienone is 1. The molecule has 0 bridgehead atoms. The zero-order valence-electron chi connectivity index (χ0n) is 13.3. The van der Waals surface area contributed by atoms with Crippen LogP contribution in [0.5, 0.6) is 0 Å². The smallest absolute Gasteiger partial charge is 0.276 e. The largest absolute Gasteiger partial charge is 0.289 e. The Morgan fingerprint density at radius 1 is 0.800 bits per heavy atom. The van der Waals surface area contributed by atoms with Gasteiger partial charge in [-0.2, -0.15) is 0 Å². The zero-order valence-corrected chi connectivity index (χ0v) is 13.3. The monoisotopic (exact) mass is 329 g/mol. The Bertz CT molecular complexity index is 929. The van der Waals surface area contributed by atoms with Gasteiger partial charge in [-0.15, -0.1) is 0 Å². The number of nitro benzene ring substituents is 1. The molecule has 3 aromatic rings. The maximum Gasteiger partial charge on any atom is 0.276 e. The van der Waals surface area contributed by atoms with Crippen LogP contribution in [0.1, 0.15) is 15.9 Å². The van der Waals surface area contributed by atoms with Gasteiger partial charge in [-0.05, 0) is 29.3 Å². The molecule has 4 nitrogen and oxygen atoms in total. The van der Waals surface area contributed by atoms with Crippen molar-refractivity contribution in [1.82, 2.24) is 0 Å². The minimum atomic E-state index is -0.460. The van der Waals surface area contributed by atoms with Crippen LogP contribution in [-0.2, 0) is 0 Å². The number of benzene rings is 3. The van der Waals surface area contributed by atoms with Gasteiger partial charge in [0, 0.05) is 11.6 Å². The van der Waals surface area contributed by atoms with Crippen LogP contribution in [-0.4, -0.2) is 10.7 Å². The molecule has 0 saturated carbocycles. The molecule has 0 unspecified atom stereocenters. The van der Waals surface area contributed by atoms with Crippen molar-refractivity contribution in [2.75, 3.05) is 0 Å². The predicted octanol–water partition coefficient (Wildman–Crippen LogP) is 5.16. The van der Waals surface area contributed by atoms with Gasteiger partial charge in [-0.3, -0.25) is 14.9 Å². The third kappa shape index (κ3) is 3.87. The molecule has 0 spiro atoms. The molecule has 122 valence electrons. The third-order valence-electron chi connectivity index (χ3n) is 3.82. The Kier molecular flexibility index (Phi) is 4.81. The lowest BCUT2D eigenvalue weighted by molar-refractivity contribution is -0.385. The van der Waals surface area contributed by atoms with Crippen LogP contribution in [0.2, 0.25) is 0 Å². The van der Waals surface area contributed by atoms with Crippen molar-refractivity contribution in [3.63, 3.8) is 0 Å². The highest BCUT2D eigenvalue weighted by Crippen LogP contribution is 2.21. The zero-order chi connectivity index (χ0) is 17.6. The van der Waals surface area contributed by atoms with Crippen LogP contribution < -0.4 is 0 Å². The number of para-hydroxylation sites is 1. The lowest BCUT2D eigenvalue weighted by Crippen LogP contribution is -1.95. The van der Waals surface area contributed by atoms with E-state index in [-0.39, 0.29) is 11.5 Å². The van der Waals surface area contributed by atoms with Gasteiger partial charge < -0.3 is 0 Å². The van der Waals surface area contributed by atoms with Gasteiger partial charge in [0.15, 0.2) is 5.78 Å². The number of nitrogens with zero attached hydrogens (tertiary/aromatic N) is 1. The van der Waals surface area contributed by atoms with E-state index in [0.717, 1.165) is 11.1 Å². The molecule has 3 rings (SSSR count). The lowest BCUT2D eigenvalue weighted by Gasteiger charge is -2.02. The summed E-state index contributed by atoms with van der Waals surface area (Å²) >= 11 is 0. The van der Waals surface area contributed by atoms with Crippen LogP contribution in [0.25, 0.3) is 17.2 Å². The minimum Gasteiger partial charge on any atom is -0.289 e. The summed E-state index contributed by atoms with van der Waals surface area (Å²) in [5.41, 5.74) is 3.03. The van der Waals surface area contributed by atoms with E-state index in [1.807, 2.05) is 42.5 Å². The highest BCUT2D eigenvalue weighted by Gasteiger charge is 2.10. The quantitative estimate of drug-likeness (QED) is 0.281. The van der Waals surface area contributed by atoms with E-state index >= 15 is 0 Å². The molecule has 0 atom stereocenters.